The van der Waals surface area contributed by atoms with Crippen molar-refractivity contribution in [3.05, 3.63) is 126 Å². The Bertz CT molecular complexity index is 961. The monoisotopic (exact) mass is 454 g/mol. The Morgan fingerprint density at radius 1 is 0.500 bits per heavy atom. The van der Waals surface area contributed by atoms with Crippen LogP contribution in [0.1, 0.15) is 43.4 Å². The van der Waals surface area contributed by atoms with Crippen LogP contribution in [0, 0.1) is 0 Å². The molecule has 0 saturated carbocycles. The Labute approximate surface area is 204 Å². The third kappa shape index (κ3) is 7.41. The van der Waals surface area contributed by atoms with E-state index < -0.39 is 0 Å². The van der Waals surface area contributed by atoms with Crippen molar-refractivity contribution in [3.8, 4) is 17.2 Å². The van der Waals surface area contributed by atoms with Gasteiger partial charge < -0.3 is 14.2 Å². The summed E-state index contributed by atoms with van der Waals surface area (Å²) >= 11 is 0. The van der Waals surface area contributed by atoms with Crippen LogP contribution in [0.2, 0.25) is 0 Å². The fourth-order valence-electron chi connectivity index (χ4n) is 3.47. The second kappa shape index (κ2) is 11.9. The molecule has 0 spiro atoms. The zero-order valence-corrected chi connectivity index (χ0v) is 20.5. The second-order valence-corrected chi connectivity index (χ2v) is 8.88. The SMILES string of the molecule is C=C(C)COc1ccc(C(c2ccc(OCC(=C)C)cc2)c2ccc(OCC(=C)C)cc2)cc1. The minimum absolute atomic E-state index is 0.0561. The van der Waals surface area contributed by atoms with Gasteiger partial charge in [0.2, 0.25) is 0 Å². The predicted molar refractivity (Wildman–Crippen MR) is 141 cm³/mol. The third-order valence-electron chi connectivity index (χ3n) is 5.10. The highest BCUT2D eigenvalue weighted by Crippen LogP contribution is 2.34. The van der Waals surface area contributed by atoms with Crippen molar-refractivity contribution in [2.24, 2.45) is 0 Å². The summed E-state index contributed by atoms with van der Waals surface area (Å²) in [6.07, 6.45) is 0. The smallest absolute Gasteiger partial charge is 0.119 e. The number of rotatable bonds is 12. The molecule has 3 aromatic carbocycles. The minimum atomic E-state index is 0.0561. The van der Waals surface area contributed by atoms with E-state index in [1.54, 1.807) is 0 Å². The van der Waals surface area contributed by atoms with Gasteiger partial charge in [-0.15, -0.1) is 0 Å². The van der Waals surface area contributed by atoms with Crippen LogP contribution < -0.4 is 14.2 Å². The van der Waals surface area contributed by atoms with Crippen molar-refractivity contribution >= 4 is 0 Å². The van der Waals surface area contributed by atoms with Crippen LogP contribution in [-0.2, 0) is 0 Å². The zero-order chi connectivity index (χ0) is 24.5. The lowest BCUT2D eigenvalue weighted by molar-refractivity contribution is 0.352. The third-order valence-corrected chi connectivity index (χ3v) is 5.10. The fourth-order valence-corrected chi connectivity index (χ4v) is 3.47. The molecule has 3 heteroatoms. The molecule has 3 nitrogen and oxygen atoms in total. The number of ether oxygens (including phenoxy) is 3. The van der Waals surface area contributed by atoms with Gasteiger partial charge in [-0.05, 0) is 90.6 Å². The number of hydrogen-bond donors (Lipinski definition) is 0. The maximum atomic E-state index is 5.79. The first-order chi connectivity index (χ1) is 16.3. The average molecular weight is 455 g/mol. The molecular formula is C31H34O3. The van der Waals surface area contributed by atoms with E-state index in [0.717, 1.165) is 34.0 Å². The molecule has 0 aliphatic rings. The summed E-state index contributed by atoms with van der Waals surface area (Å²) < 4.78 is 17.4. The molecule has 0 aliphatic carbocycles. The highest BCUT2D eigenvalue weighted by atomic mass is 16.5. The summed E-state index contributed by atoms with van der Waals surface area (Å²) in [4.78, 5) is 0. The van der Waals surface area contributed by atoms with E-state index in [9.17, 15) is 0 Å². The number of benzene rings is 3. The minimum Gasteiger partial charge on any atom is -0.489 e. The van der Waals surface area contributed by atoms with E-state index in [4.69, 9.17) is 14.2 Å². The molecule has 176 valence electrons. The summed E-state index contributed by atoms with van der Waals surface area (Å²) in [5.74, 6) is 2.55. The van der Waals surface area contributed by atoms with Crippen molar-refractivity contribution in [1.29, 1.82) is 0 Å². The molecule has 3 rings (SSSR count). The van der Waals surface area contributed by atoms with Gasteiger partial charge in [-0.25, -0.2) is 0 Å². The molecule has 0 aromatic heterocycles. The lowest BCUT2D eigenvalue weighted by Gasteiger charge is -2.20. The molecular weight excluding hydrogens is 420 g/mol. The lowest BCUT2D eigenvalue weighted by Crippen LogP contribution is -2.05. The van der Waals surface area contributed by atoms with Crippen LogP contribution in [0.3, 0.4) is 0 Å². The topological polar surface area (TPSA) is 27.7 Å². The Morgan fingerprint density at radius 2 is 0.735 bits per heavy atom. The molecule has 0 heterocycles. The van der Waals surface area contributed by atoms with Crippen LogP contribution in [0.15, 0.2) is 109 Å². The predicted octanol–water partition coefficient (Wildman–Crippen LogP) is 7.73. The highest BCUT2D eigenvalue weighted by molar-refractivity contribution is 5.47. The summed E-state index contributed by atoms with van der Waals surface area (Å²) in [6, 6.07) is 24.8. The molecule has 0 aliphatic heterocycles. The molecule has 0 atom stereocenters. The van der Waals surface area contributed by atoms with Crippen molar-refractivity contribution in [2.45, 2.75) is 26.7 Å². The molecule has 0 bridgehead atoms. The van der Waals surface area contributed by atoms with Crippen molar-refractivity contribution in [2.75, 3.05) is 19.8 Å². The Hall–Kier alpha value is -3.72. The first-order valence-corrected chi connectivity index (χ1v) is 11.4. The van der Waals surface area contributed by atoms with E-state index in [-0.39, 0.29) is 5.92 Å². The summed E-state index contributed by atoms with van der Waals surface area (Å²) in [7, 11) is 0. The van der Waals surface area contributed by atoms with Crippen LogP contribution in [-0.4, -0.2) is 19.8 Å². The largest absolute Gasteiger partial charge is 0.489 e. The zero-order valence-electron chi connectivity index (χ0n) is 20.5. The summed E-state index contributed by atoms with van der Waals surface area (Å²) in [5, 5.41) is 0. The van der Waals surface area contributed by atoms with E-state index >= 15 is 0 Å². The maximum Gasteiger partial charge on any atom is 0.119 e. The number of hydrogen-bond acceptors (Lipinski definition) is 3. The van der Waals surface area contributed by atoms with Crippen LogP contribution in [0.5, 0.6) is 17.2 Å². The Morgan fingerprint density at radius 3 is 0.941 bits per heavy atom. The molecule has 3 aromatic rings. The quantitative estimate of drug-likeness (QED) is 0.207. The van der Waals surface area contributed by atoms with Gasteiger partial charge in [-0.1, -0.05) is 56.1 Å². The van der Waals surface area contributed by atoms with Crippen LogP contribution in [0.4, 0.5) is 0 Å². The molecule has 0 saturated heterocycles. The van der Waals surface area contributed by atoms with Crippen molar-refractivity contribution < 1.29 is 14.2 Å². The first kappa shape index (κ1) is 24.9. The molecule has 0 amide bonds. The lowest BCUT2D eigenvalue weighted by atomic mass is 9.85. The second-order valence-electron chi connectivity index (χ2n) is 8.88. The Kier molecular flexibility index (Phi) is 8.75. The van der Waals surface area contributed by atoms with Gasteiger partial charge in [0.05, 0.1) is 0 Å². The standard InChI is InChI=1S/C31H34O3/c1-22(2)19-32-28-13-7-25(8-14-28)31(26-9-15-29(16-10-26)33-20-23(3)4)27-11-17-30(18-12-27)34-21-24(5)6/h7-18,31H,1,3,5,19-21H2,2,4,6H3. The van der Waals surface area contributed by atoms with E-state index in [2.05, 4.69) is 56.1 Å². The normalized spacial score (nSPS) is 10.6. The van der Waals surface area contributed by atoms with Gasteiger partial charge in [0, 0.05) is 5.92 Å². The summed E-state index contributed by atoms with van der Waals surface area (Å²) in [5.41, 5.74) is 6.50. The highest BCUT2D eigenvalue weighted by Gasteiger charge is 2.17. The van der Waals surface area contributed by atoms with Gasteiger partial charge in [-0.2, -0.15) is 0 Å². The van der Waals surface area contributed by atoms with Crippen molar-refractivity contribution in [1.82, 2.24) is 0 Å². The molecule has 34 heavy (non-hydrogen) atoms. The maximum absolute atomic E-state index is 5.79. The van der Waals surface area contributed by atoms with E-state index in [1.165, 1.54) is 16.7 Å². The molecule has 0 fully saturated rings. The van der Waals surface area contributed by atoms with Crippen LogP contribution >= 0.6 is 0 Å². The Balaban J connectivity index is 1.89. The van der Waals surface area contributed by atoms with Gasteiger partial charge in [-0.3, -0.25) is 0 Å². The van der Waals surface area contributed by atoms with Crippen molar-refractivity contribution in [3.63, 3.8) is 0 Å². The van der Waals surface area contributed by atoms with E-state index in [0.29, 0.717) is 19.8 Å². The van der Waals surface area contributed by atoms with Gasteiger partial charge in [0.25, 0.3) is 0 Å². The molecule has 0 N–H and O–H groups in total. The van der Waals surface area contributed by atoms with Gasteiger partial charge in [0.15, 0.2) is 0 Å². The fraction of sp³-hybridized carbons (Fsp3) is 0.226. The molecule has 0 unspecified atom stereocenters. The summed E-state index contributed by atoms with van der Waals surface area (Å²) in [6.45, 7) is 19.1. The molecule has 0 radical (unpaired) electrons. The van der Waals surface area contributed by atoms with Gasteiger partial charge >= 0.3 is 0 Å². The first-order valence-electron chi connectivity index (χ1n) is 11.4. The van der Waals surface area contributed by atoms with Gasteiger partial charge in [0.1, 0.15) is 37.1 Å². The van der Waals surface area contributed by atoms with Crippen LogP contribution in [0.25, 0.3) is 0 Å². The average Bonchev–Trinajstić information content (AvgIpc) is 2.82. The van der Waals surface area contributed by atoms with E-state index in [1.807, 2.05) is 57.2 Å².